The van der Waals surface area contributed by atoms with Gasteiger partial charge in [-0.15, -0.1) is 0 Å². The van der Waals surface area contributed by atoms with Gasteiger partial charge < -0.3 is 5.32 Å². The first-order chi connectivity index (χ1) is 8.56. The van der Waals surface area contributed by atoms with Crippen LogP contribution in [0, 0.1) is 29.3 Å². The fourth-order valence-corrected chi connectivity index (χ4v) is 2.49. The van der Waals surface area contributed by atoms with Crippen LogP contribution in [0.1, 0.15) is 32.6 Å². The third-order valence-corrected chi connectivity index (χ3v) is 3.71. The molecule has 1 aromatic carbocycles. The summed E-state index contributed by atoms with van der Waals surface area (Å²) in [4.78, 5) is 0. The Morgan fingerprint density at radius 2 is 1.61 bits per heavy atom. The Kier molecular flexibility index (Phi) is 4.15. The Bertz CT molecular complexity index is 388. The summed E-state index contributed by atoms with van der Waals surface area (Å²) in [6.07, 6.45) is 4.50. The van der Waals surface area contributed by atoms with Crippen molar-refractivity contribution in [2.45, 2.75) is 32.6 Å². The maximum atomic E-state index is 13.4. The van der Waals surface area contributed by atoms with Crippen molar-refractivity contribution in [1.82, 2.24) is 0 Å². The smallest absolute Gasteiger partial charge is 0.152 e. The Labute approximate surface area is 105 Å². The lowest BCUT2D eigenvalue weighted by Crippen LogP contribution is -2.21. The van der Waals surface area contributed by atoms with Gasteiger partial charge in [0.05, 0.1) is 0 Å². The van der Waals surface area contributed by atoms with Crippen molar-refractivity contribution >= 4 is 5.69 Å². The fourth-order valence-electron chi connectivity index (χ4n) is 2.49. The van der Waals surface area contributed by atoms with E-state index in [1.54, 1.807) is 0 Å². The maximum Gasteiger partial charge on any atom is 0.152 e. The molecule has 0 saturated heterocycles. The molecule has 1 aromatic rings. The number of hydrogen-bond donors (Lipinski definition) is 1. The Balaban J connectivity index is 1.94. The minimum absolute atomic E-state index is 0.213. The first kappa shape index (κ1) is 13.2. The highest BCUT2D eigenvalue weighted by molar-refractivity contribution is 5.46. The topological polar surface area (TPSA) is 12.0 Å². The lowest BCUT2D eigenvalue weighted by molar-refractivity contribution is 0.300. The molecule has 1 N–H and O–H groups in total. The van der Waals surface area contributed by atoms with E-state index >= 15 is 0 Å². The van der Waals surface area contributed by atoms with Crippen molar-refractivity contribution in [3.05, 3.63) is 29.6 Å². The largest absolute Gasteiger partial charge is 0.380 e. The average molecular weight is 257 g/mol. The molecule has 100 valence electrons. The molecule has 1 saturated carbocycles. The first-order valence-corrected chi connectivity index (χ1v) is 6.44. The van der Waals surface area contributed by atoms with Gasteiger partial charge in [-0.3, -0.25) is 0 Å². The second kappa shape index (κ2) is 5.63. The van der Waals surface area contributed by atoms with E-state index in [2.05, 4.69) is 12.2 Å². The molecule has 1 aliphatic rings. The van der Waals surface area contributed by atoms with Crippen LogP contribution in [0.3, 0.4) is 0 Å². The number of rotatable bonds is 3. The second-order valence-electron chi connectivity index (χ2n) is 5.25. The summed E-state index contributed by atoms with van der Waals surface area (Å²) in [5.74, 6) is -1.42. The summed E-state index contributed by atoms with van der Waals surface area (Å²) in [6.45, 7) is 2.77. The number of hydrogen-bond acceptors (Lipinski definition) is 1. The van der Waals surface area contributed by atoms with E-state index in [0.29, 0.717) is 24.6 Å². The van der Waals surface area contributed by atoms with E-state index in [9.17, 15) is 13.2 Å². The van der Waals surface area contributed by atoms with E-state index < -0.39 is 17.5 Å². The van der Waals surface area contributed by atoms with Crippen LogP contribution in [-0.2, 0) is 0 Å². The Morgan fingerprint density at radius 3 is 2.17 bits per heavy atom. The summed E-state index contributed by atoms with van der Waals surface area (Å²) < 4.78 is 39.5. The number of benzene rings is 1. The summed E-state index contributed by atoms with van der Waals surface area (Å²) >= 11 is 0. The Hall–Kier alpha value is -1.19. The number of nitrogens with one attached hydrogen (secondary N) is 1. The molecule has 0 atom stereocenters. The van der Waals surface area contributed by atoms with Gasteiger partial charge in [0, 0.05) is 18.7 Å². The summed E-state index contributed by atoms with van der Waals surface area (Å²) in [6, 6.07) is 1.41. The molecule has 2 rings (SSSR count). The predicted octanol–water partition coefficient (Wildman–Crippen LogP) is 4.34. The van der Waals surface area contributed by atoms with Crippen molar-refractivity contribution < 1.29 is 13.2 Å². The molecule has 0 aromatic heterocycles. The third-order valence-electron chi connectivity index (χ3n) is 3.71. The molecule has 0 amide bonds. The fraction of sp³-hybridized carbons (Fsp3) is 0.571. The van der Waals surface area contributed by atoms with Gasteiger partial charge in [-0.2, -0.15) is 0 Å². The third kappa shape index (κ3) is 3.18. The molecule has 1 aliphatic carbocycles. The molecule has 0 radical (unpaired) electrons. The van der Waals surface area contributed by atoms with Crippen molar-refractivity contribution in [3.63, 3.8) is 0 Å². The summed E-state index contributed by atoms with van der Waals surface area (Å²) in [5, 5.41) is 2.78. The zero-order chi connectivity index (χ0) is 13.1. The zero-order valence-corrected chi connectivity index (χ0v) is 10.5. The SMILES string of the molecule is CC1CCC(CNc2c(F)cc(F)cc2F)CC1. The standard InChI is InChI=1S/C14H18F3N/c1-9-2-4-10(5-3-9)8-18-14-12(16)6-11(15)7-13(14)17/h6-7,9-10,18H,2-5,8H2,1H3. The average Bonchev–Trinajstić information content (AvgIpc) is 2.30. The van der Waals surface area contributed by atoms with Crippen LogP contribution in [0.25, 0.3) is 0 Å². The minimum Gasteiger partial charge on any atom is -0.380 e. The predicted molar refractivity (Wildman–Crippen MR) is 65.9 cm³/mol. The highest BCUT2D eigenvalue weighted by Gasteiger charge is 2.19. The van der Waals surface area contributed by atoms with Crippen molar-refractivity contribution in [2.24, 2.45) is 11.8 Å². The maximum absolute atomic E-state index is 13.4. The van der Waals surface area contributed by atoms with E-state index in [4.69, 9.17) is 0 Å². The van der Waals surface area contributed by atoms with Gasteiger partial charge >= 0.3 is 0 Å². The second-order valence-corrected chi connectivity index (χ2v) is 5.25. The van der Waals surface area contributed by atoms with Crippen LogP contribution in [0.2, 0.25) is 0 Å². The highest BCUT2D eigenvalue weighted by Crippen LogP contribution is 2.29. The summed E-state index contributed by atoms with van der Waals surface area (Å²) in [5.41, 5.74) is -0.213. The molecule has 18 heavy (non-hydrogen) atoms. The van der Waals surface area contributed by atoms with Crippen molar-refractivity contribution in [3.8, 4) is 0 Å². The molecule has 0 bridgehead atoms. The lowest BCUT2D eigenvalue weighted by Gasteiger charge is -2.26. The monoisotopic (exact) mass is 257 g/mol. The van der Waals surface area contributed by atoms with E-state index in [1.807, 2.05) is 0 Å². The van der Waals surface area contributed by atoms with Crippen LogP contribution in [0.15, 0.2) is 12.1 Å². The van der Waals surface area contributed by atoms with Crippen LogP contribution < -0.4 is 5.32 Å². The van der Waals surface area contributed by atoms with Gasteiger partial charge in [-0.05, 0) is 24.7 Å². The minimum atomic E-state index is -0.887. The van der Waals surface area contributed by atoms with E-state index in [-0.39, 0.29) is 5.69 Å². The van der Waals surface area contributed by atoms with Gasteiger partial charge in [0.1, 0.15) is 11.5 Å². The summed E-state index contributed by atoms with van der Waals surface area (Å²) in [7, 11) is 0. The molecule has 1 nitrogen and oxygen atoms in total. The van der Waals surface area contributed by atoms with Crippen molar-refractivity contribution in [1.29, 1.82) is 0 Å². The van der Waals surface area contributed by atoms with Gasteiger partial charge in [-0.1, -0.05) is 19.8 Å². The lowest BCUT2D eigenvalue weighted by atomic mass is 9.83. The molecular formula is C14H18F3N. The van der Waals surface area contributed by atoms with Crippen LogP contribution in [0.5, 0.6) is 0 Å². The molecular weight excluding hydrogens is 239 g/mol. The normalized spacial score (nSPS) is 24.0. The van der Waals surface area contributed by atoms with Gasteiger partial charge in [0.2, 0.25) is 0 Å². The highest BCUT2D eigenvalue weighted by atomic mass is 19.1. The zero-order valence-electron chi connectivity index (χ0n) is 10.5. The number of halogens is 3. The Morgan fingerprint density at radius 1 is 1.06 bits per heavy atom. The van der Waals surface area contributed by atoms with E-state index in [1.165, 1.54) is 12.8 Å². The van der Waals surface area contributed by atoms with E-state index in [0.717, 1.165) is 18.8 Å². The quantitative estimate of drug-likeness (QED) is 0.849. The van der Waals surface area contributed by atoms with Gasteiger partial charge in [0.25, 0.3) is 0 Å². The molecule has 0 aliphatic heterocycles. The molecule has 0 unspecified atom stereocenters. The molecule has 4 heteroatoms. The van der Waals surface area contributed by atoms with Crippen LogP contribution >= 0.6 is 0 Å². The first-order valence-electron chi connectivity index (χ1n) is 6.44. The molecule has 0 heterocycles. The van der Waals surface area contributed by atoms with Crippen LogP contribution in [-0.4, -0.2) is 6.54 Å². The number of anilines is 1. The van der Waals surface area contributed by atoms with Gasteiger partial charge in [0.15, 0.2) is 11.6 Å². The van der Waals surface area contributed by atoms with Crippen LogP contribution in [0.4, 0.5) is 18.9 Å². The van der Waals surface area contributed by atoms with Gasteiger partial charge in [-0.25, -0.2) is 13.2 Å². The molecule has 0 spiro atoms. The molecule has 1 fully saturated rings. The van der Waals surface area contributed by atoms with Crippen molar-refractivity contribution in [2.75, 3.05) is 11.9 Å².